The summed E-state index contributed by atoms with van der Waals surface area (Å²) in [5.41, 5.74) is 0.677. The van der Waals surface area contributed by atoms with Crippen LogP contribution < -0.4 is 4.84 Å². The van der Waals surface area contributed by atoms with Crippen LogP contribution >= 0.6 is 0 Å². The van der Waals surface area contributed by atoms with Crippen LogP contribution in [0.4, 0.5) is 0 Å². The monoisotopic (exact) mass is 254 g/mol. The average Bonchev–Trinajstić information content (AvgIpc) is 2.91. The minimum absolute atomic E-state index is 0.108. The zero-order valence-corrected chi connectivity index (χ0v) is 10.2. The number of ether oxygens (including phenoxy) is 2. The molecule has 0 saturated carbocycles. The number of hydrogen-bond acceptors (Lipinski definition) is 5. The molecule has 1 aromatic carbocycles. The highest BCUT2D eigenvalue weighted by atomic mass is 17.0. The summed E-state index contributed by atoms with van der Waals surface area (Å²) in [4.78, 5) is 21.2. The lowest BCUT2D eigenvalue weighted by molar-refractivity contribution is -0.952. The van der Waals surface area contributed by atoms with E-state index in [1.807, 2.05) is 13.0 Å². The maximum Gasteiger partial charge on any atom is 0.483 e. The van der Waals surface area contributed by atoms with Gasteiger partial charge in [-0.05, 0) is 18.6 Å². The summed E-state index contributed by atoms with van der Waals surface area (Å²) in [6.45, 7) is 3.28. The van der Waals surface area contributed by atoms with Crippen LogP contribution in [0.5, 0.6) is 5.75 Å². The van der Waals surface area contributed by atoms with E-state index in [0.29, 0.717) is 31.1 Å². The van der Waals surface area contributed by atoms with Crippen LogP contribution in [0.15, 0.2) is 24.3 Å². The summed E-state index contributed by atoms with van der Waals surface area (Å²) in [6.07, 6.45) is 0.249. The fourth-order valence-corrected chi connectivity index (χ4v) is 1.57. The second-order valence-corrected chi connectivity index (χ2v) is 3.76. The minimum Gasteiger partial charge on any atom is -0.346 e. The molecule has 18 heavy (non-hydrogen) atoms. The number of hydrogen-bond donors (Lipinski definition) is 0. The lowest BCUT2D eigenvalue weighted by atomic mass is 10.2. The van der Waals surface area contributed by atoms with E-state index >= 15 is 0 Å². The Morgan fingerprint density at radius 2 is 2.06 bits per heavy atom. The van der Waals surface area contributed by atoms with Gasteiger partial charge in [0.25, 0.3) is 0 Å². The van der Waals surface area contributed by atoms with Crippen molar-refractivity contribution < 1.29 is 24.2 Å². The van der Waals surface area contributed by atoms with Crippen molar-refractivity contribution in [2.45, 2.75) is 19.6 Å². The fourth-order valence-electron chi connectivity index (χ4n) is 1.57. The highest BCUT2D eigenvalue weighted by molar-refractivity contribution is 5.33. The molecule has 1 saturated heterocycles. The molecule has 0 amide bonds. The molecule has 0 unspecified atom stereocenters. The molecule has 1 aromatic rings. The van der Waals surface area contributed by atoms with Gasteiger partial charge < -0.3 is 9.47 Å². The van der Waals surface area contributed by atoms with E-state index in [0.717, 1.165) is 6.42 Å². The molecule has 0 aromatic heterocycles. The second kappa shape index (κ2) is 6.32. The first kappa shape index (κ1) is 12.8. The van der Waals surface area contributed by atoms with Gasteiger partial charge in [0, 0.05) is 0 Å². The summed E-state index contributed by atoms with van der Waals surface area (Å²) in [7, 11) is 0. The normalized spacial score (nSPS) is 15.6. The summed E-state index contributed by atoms with van der Waals surface area (Å²) in [5.74, 6) is 0.371. The van der Waals surface area contributed by atoms with Crippen molar-refractivity contribution in [3.8, 4) is 5.75 Å². The highest BCUT2D eigenvalue weighted by Gasteiger charge is 2.26. The van der Waals surface area contributed by atoms with Crippen LogP contribution in [0.1, 0.15) is 25.2 Å². The smallest absolute Gasteiger partial charge is 0.346 e. The topological polar surface area (TPSA) is 57.0 Å². The molecule has 1 fully saturated rings. The molecule has 6 heteroatoms. The Morgan fingerprint density at radius 1 is 1.33 bits per heavy atom. The Balaban J connectivity index is 2.05. The van der Waals surface area contributed by atoms with E-state index in [4.69, 9.17) is 19.1 Å². The summed E-state index contributed by atoms with van der Waals surface area (Å²) >= 11 is 0. The van der Waals surface area contributed by atoms with E-state index in [1.54, 1.807) is 18.2 Å². The van der Waals surface area contributed by atoms with Crippen molar-refractivity contribution in [1.82, 2.24) is 0 Å². The van der Waals surface area contributed by atoms with E-state index in [2.05, 4.69) is 0 Å². The standard InChI is InChI=1S/C12H16NO5/c1-2-7-17-13(14)18-11-6-4-3-5-10(11)12-15-8-9-16-12/h3-6,12H,2,7-9H2,1H3/q+1. The van der Waals surface area contributed by atoms with Gasteiger partial charge in [0.05, 0.1) is 18.8 Å². The van der Waals surface area contributed by atoms with Gasteiger partial charge in [-0.25, -0.2) is 0 Å². The van der Waals surface area contributed by atoms with Gasteiger partial charge in [-0.15, -0.1) is 4.84 Å². The van der Waals surface area contributed by atoms with Gasteiger partial charge in [0.1, 0.15) is 4.91 Å². The van der Waals surface area contributed by atoms with Gasteiger partial charge in [0.2, 0.25) is 5.75 Å². The Hall–Kier alpha value is -1.66. The van der Waals surface area contributed by atoms with Gasteiger partial charge >= 0.3 is 5.09 Å². The van der Waals surface area contributed by atoms with Crippen LogP contribution in [-0.2, 0) is 14.3 Å². The molecule has 0 bridgehead atoms. The lowest BCUT2D eigenvalue weighted by Gasteiger charge is -2.10. The molecular formula is C12H16NO5+. The maximum absolute atomic E-state index is 11.3. The van der Waals surface area contributed by atoms with Crippen LogP contribution in [-0.4, -0.2) is 24.9 Å². The van der Waals surface area contributed by atoms with Crippen molar-refractivity contribution in [1.29, 1.82) is 0 Å². The fraction of sp³-hybridized carbons (Fsp3) is 0.500. The van der Waals surface area contributed by atoms with Crippen molar-refractivity contribution in [3.05, 3.63) is 34.7 Å². The van der Waals surface area contributed by atoms with E-state index in [1.165, 1.54) is 0 Å². The molecule has 0 N–H and O–H groups in total. The third-order valence-electron chi connectivity index (χ3n) is 2.37. The van der Waals surface area contributed by atoms with E-state index in [-0.39, 0.29) is 5.09 Å². The largest absolute Gasteiger partial charge is 0.483 e. The first-order chi connectivity index (χ1) is 8.81. The first-order valence-electron chi connectivity index (χ1n) is 5.91. The Morgan fingerprint density at radius 3 is 2.78 bits per heavy atom. The molecule has 1 aliphatic heterocycles. The molecule has 0 radical (unpaired) electrons. The van der Waals surface area contributed by atoms with Crippen molar-refractivity contribution in [2.24, 2.45) is 0 Å². The quantitative estimate of drug-likeness (QED) is 0.728. The molecule has 0 atom stereocenters. The van der Waals surface area contributed by atoms with Gasteiger partial charge in [-0.2, -0.15) is 4.84 Å². The van der Waals surface area contributed by atoms with Gasteiger partial charge in [-0.1, -0.05) is 19.1 Å². The van der Waals surface area contributed by atoms with Crippen molar-refractivity contribution in [2.75, 3.05) is 19.8 Å². The first-order valence-corrected chi connectivity index (χ1v) is 5.91. The van der Waals surface area contributed by atoms with Crippen LogP contribution in [0, 0.1) is 4.91 Å². The number of para-hydroxylation sites is 1. The molecule has 2 rings (SSSR count). The van der Waals surface area contributed by atoms with Gasteiger partial charge in [0.15, 0.2) is 12.9 Å². The molecule has 6 nitrogen and oxygen atoms in total. The average molecular weight is 254 g/mol. The molecule has 1 heterocycles. The highest BCUT2D eigenvalue weighted by Crippen LogP contribution is 2.30. The molecule has 0 aliphatic carbocycles. The molecule has 1 aliphatic rings. The predicted molar refractivity (Wildman–Crippen MR) is 61.6 cm³/mol. The van der Waals surface area contributed by atoms with Crippen molar-refractivity contribution >= 4 is 0 Å². The maximum atomic E-state index is 11.3. The number of nitrogens with zero attached hydrogens (tertiary/aromatic N) is 1. The SMILES string of the molecule is CCCO[N+](=O)Oc1ccccc1C1OCCO1. The van der Waals surface area contributed by atoms with Crippen LogP contribution in [0.25, 0.3) is 0 Å². The molecule has 0 spiro atoms. The summed E-state index contributed by atoms with van der Waals surface area (Å²) < 4.78 is 10.8. The van der Waals surface area contributed by atoms with E-state index in [9.17, 15) is 4.91 Å². The van der Waals surface area contributed by atoms with Crippen molar-refractivity contribution in [3.63, 3.8) is 0 Å². The summed E-state index contributed by atoms with van der Waals surface area (Å²) in [6, 6.07) is 7.05. The summed E-state index contributed by atoms with van der Waals surface area (Å²) in [5, 5.41) is 0.108. The third kappa shape index (κ3) is 3.18. The zero-order valence-electron chi connectivity index (χ0n) is 10.2. The Labute approximate surface area is 105 Å². The van der Waals surface area contributed by atoms with Gasteiger partial charge in [-0.3, -0.25) is 0 Å². The lowest BCUT2D eigenvalue weighted by Crippen LogP contribution is -2.16. The minimum atomic E-state index is -0.485. The second-order valence-electron chi connectivity index (χ2n) is 3.76. The van der Waals surface area contributed by atoms with Crippen LogP contribution in [0.2, 0.25) is 0 Å². The molecule has 98 valence electrons. The Kier molecular flexibility index (Phi) is 4.49. The van der Waals surface area contributed by atoms with Crippen LogP contribution in [0.3, 0.4) is 0 Å². The number of benzene rings is 1. The number of rotatable bonds is 6. The predicted octanol–water partition coefficient (Wildman–Crippen LogP) is 2.15. The zero-order chi connectivity index (χ0) is 12.8. The van der Waals surface area contributed by atoms with E-state index < -0.39 is 6.29 Å². The third-order valence-corrected chi connectivity index (χ3v) is 2.37. The molecular weight excluding hydrogens is 238 g/mol. The Bertz CT molecular complexity index is 403.